The van der Waals surface area contributed by atoms with Gasteiger partial charge in [0.1, 0.15) is 18.9 Å². The minimum atomic E-state index is -0.314. The summed E-state index contributed by atoms with van der Waals surface area (Å²) in [7, 11) is 1.50. The van der Waals surface area contributed by atoms with Gasteiger partial charge in [0.05, 0.1) is 7.11 Å². The van der Waals surface area contributed by atoms with Gasteiger partial charge in [0.2, 0.25) is 5.88 Å². The van der Waals surface area contributed by atoms with Crippen molar-refractivity contribution in [1.29, 1.82) is 0 Å². The molecule has 21 heavy (non-hydrogen) atoms. The third kappa shape index (κ3) is 2.89. The first-order chi connectivity index (χ1) is 10.3. The van der Waals surface area contributed by atoms with Crippen LogP contribution in [0.15, 0.2) is 36.4 Å². The zero-order valence-corrected chi connectivity index (χ0v) is 11.5. The molecule has 0 spiro atoms. The Balaban J connectivity index is 1.78. The van der Waals surface area contributed by atoms with Crippen molar-refractivity contribution in [2.45, 2.75) is 0 Å². The highest BCUT2D eigenvalue weighted by Crippen LogP contribution is 2.32. The van der Waals surface area contributed by atoms with Crippen LogP contribution in [0.3, 0.4) is 0 Å². The topological polar surface area (TPSA) is 69.7 Å². The molecule has 108 valence electrons. The minimum Gasteiger partial charge on any atom is -0.486 e. The van der Waals surface area contributed by atoms with E-state index in [0.29, 0.717) is 36.3 Å². The summed E-state index contributed by atoms with van der Waals surface area (Å²) in [5.74, 6) is 1.38. The molecule has 0 saturated carbocycles. The van der Waals surface area contributed by atoms with Crippen LogP contribution in [0.1, 0.15) is 10.5 Å². The van der Waals surface area contributed by atoms with Crippen molar-refractivity contribution >= 4 is 11.6 Å². The normalized spacial score (nSPS) is 12.6. The van der Waals surface area contributed by atoms with Crippen molar-refractivity contribution < 1.29 is 19.0 Å². The zero-order chi connectivity index (χ0) is 14.7. The second-order valence-corrected chi connectivity index (χ2v) is 4.38. The highest BCUT2D eigenvalue weighted by atomic mass is 16.6. The van der Waals surface area contributed by atoms with Crippen molar-refractivity contribution in [3.05, 3.63) is 42.1 Å². The van der Waals surface area contributed by atoms with Crippen LogP contribution >= 0.6 is 0 Å². The maximum atomic E-state index is 12.1. The second-order valence-electron chi connectivity index (χ2n) is 4.38. The molecule has 1 aromatic carbocycles. The summed E-state index contributed by atoms with van der Waals surface area (Å²) < 4.78 is 15.9. The highest BCUT2D eigenvalue weighted by molar-refractivity contribution is 6.03. The van der Waals surface area contributed by atoms with Crippen molar-refractivity contribution in [1.82, 2.24) is 4.98 Å². The quantitative estimate of drug-likeness (QED) is 0.935. The second kappa shape index (κ2) is 5.70. The molecule has 0 radical (unpaired) electrons. The molecule has 0 bridgehead atoms. The number of pyridine rings is 1. The number of ether oxygens (including phenoxy) is 3. The van der Waals surface area contributed by atoms with E-state index in [1.807, 2.05) is 0 Å². The largest absolute Gasteiger partial charge is 0.486 e. The molecule has 2 heterocycles. The number of benzene rings is 1. The predicted octanol–water partition coefficient (Wildman–Crippen LogP) is 2.11. The monoisotopic (exact) mass is 286 g/mol. The number of aromatic nitrogens is 1. The van der Waals surface area contributed by atoms with Gasteiger partial charge < -0.3 is 19.5 Å². The van der Waals surface area contributed by atoms with Crippen LogP contribution < -0.4 is 19.5 Å². The molecule has 1 N–H and O–H groups in total. The Morgan fingerprint density at radius 1 is 1.19 bits per heavy atom. The van der Waals surface area contributed by atoms with Gasteiger partial charge in [0, 0.05) is 17.8 Å². The van der Waals surface area contributed by atoms with Gasteiger partial charge in [-0.15, -0.1) is 0 Å². The lowest BCUT2D eigenvalue weighted by molar-refractivity contribution is 0.102. The lowest BCUT2D eigenvalue weighted by Crippen LogP contribution is -2.17. The standard InChI is InChI=1S/C15H14N2O4/c1-19-14-4-2-3-11(17-14)15(18)16-10-5-6-12-13(9-10)21-8-7-20-12/h2-6,9H,7-8H2,1H3,(H,16,18). The van der Waals surface area contributed by atoms with Crippen molar-refractivity contribution in [3.63, 3.8) is 0 Å². The van der Waals surface area contributed by atoms with Crippen LogP contribution in [0, 0.1) is 0 Å². The summed E-state index contributed by atoms with van der Waals surface area (Å²) in [5.41, 5.74) is 0.901. The summed E-state index contributed by atoms with van der Waals surface area (Å²) >= 11 is 0. The molecule has 3 rings (SSSR count). The van der Waals surface area contributed by atoms with Crippen LogP contribution in [-0.2, 0) is 0 Å². The third-order valence-corrected chi connectivity index (χ3v) is 2.97. The number of carbonyl (C=O) groups excluding carboxylic acids is 1. The molecule has 0 atom stereocenters. The van der Waals surface area contributed by atoms with E-state index in [1.165, 1.54) is 7.11 Å². The Morgan fingerprint density at radius 3 is 2.81 bits per heavy atom. The van der Waals surface area contributed by atoms with Crippen molar-refractivity contribution in [2.24, 2.45) is 0 Å². The molecule has 6 nitrogen and oxygen atoms in total. The number of hydrogen-bond donors (Lipinski definition) is 1. The van der Waals surface area contributed by atoms with Crippen LogP contribution in [-0.4, -0.2) is 31.2 Å². The molecular formula is C15H14N2O4. The van der Waals surface area contributed by atoms with Crippen molar-refractivity contribution in [3.8, 4) is 17.4 Å². The molecule has 1 aromatic heterocycles. The third-order valence-electron chi connectivity index (χ3n) is 2.97. The fourth-order valence-electron chi connectivity index (χ4n) is 1.97. The molecule has 0 unspecified atom stereocenters. The molecule has 1 amide bonds. The number of nitrogens with one attached hydrogen (secondary N) is 1. The number of hydrogen-bond acceptors (Lipinski definition) is 5. The number of rotatable bonds is 3. The maximum absolute atomic E-state index is 12.1. The van der Waals surface area contributed by atoms with E-state index >= 15 is 0 Å². The number of methoxy groups -OCH3 is 1. The van der Waals surface area contributed by atoms with Crippen LogP contribution in [0.5, 0.6) is 17.4 Å². The summed E-state index contributed by atoms with van der Waals surface area (Å²) in [5, 5.41) is 2.77. The number of nitrogens with zero attached hydrogens (tertiary/aromatic N) is 1. The first-order valence-electron chi connectivity index (χ1n) is 6.48. The molecule has 0 saturated heterocycles. The molecule has 0 aliphatic carbocycles. The Hall–Kier alpha value is -2.76. The molecule has 6 heteroatoms. The van der Waals surface area contributed by atoms with Gasteiger partial charge in [-0.05, 0) is 18.2 Å². The van der Waals surface area contributed by atoms with Gasteiger partial charge in [0.25, 0.3) is 5.91 Å². The lowest BCUT2D eigenvalue weighted by Gasteiger charge is -2.18. The van der Waals surface area contributed by atoms with Gasteiger partial charge in [-0.1, -0.05) is 6.07 Å². The van der Waals surface area contributed by atoms with Gasteiger partial charge >= 0.3 is 0 Å². The SMILES string of the molecule is COc1cccc(C(=O)Nc2ccc3c(c2)OCCO3)n1. The molecule has 0 fully saturated rings. The number of fused-ring (bicyclic) bond motifs is 1. The predicted molar refractivity (Wildman–Crippen MR) is 76.2 cm³/mol. The average Bonchev–Trinajstić information content (AvgIpc) is 2.54. The Kier molecular flexibility index (Phi) is 3.59. The Bertz CT molecular complexity index is 672. The number of carbonyl (C=O) groups is 1. The number of anilines is 1. The first-order valence-corrected chi connectivity index (χ1v) is 6.48. The maximum Gasteiger partial charge on any atom is 0.274 e. The fraction of sp³-hybridized carbons (Fsp3) is 0.200. The van der Waals surface area contributed by atoms with E-state index in [1.54, 1.807) is 36.4 Å². The minimum absolute atomic E-state index is 0.282. The first kappa shape index (κ1) is 13.2. The smallest absolute Gasteiger partial charge is 0.274 e. The highest BCUT2D eigenvalue weighted by Gasteiger charge is 2.14. The number of amides is 1. The van der Waals surface area contributed by atoms with E-state index in [-0.39, 0.29) is 11.6 Å². The molecule has 2 aromatic rings. The Morgan fingerprint density at radius 2 is 2.00 bits per heavy atom. The van der Waals surface area contributed by atoms with Crippen LogP contribution in [0.25, 0.3) is 0 Å². The summed E-state index contributed by atoms with van der Waals surface area (Å²) in [6, 6.07) is 10.3. The van der Waals surface area contributed by atoms with Gasteiger partial charge in [-0.3, -0.25) is 4.79 Å². The fourth-order valence-corrected chi connectivity index (χ4v) is 1.97. The van der Waals surface area contributed by atoms with Crippen LogP contribution in [0.4, 0.5) is 5.69 Å². The van der Waals surface area contributed by atoms with E-state index in [9.17, 15) is 4.79 Å². The Labute approximate surface area is 121 Å². The van der Waals surface area contributed by atoms with Crippen LogP contribution in [0.2, 0.25) is 0 Å². The zero-order valence-electron chi connectivity index (χ0n) is 11.5. The van der Waals surface area contributed by atoms with E-state index < -0.39 is 0 Å². The summed E-state index contributed by atoms with van der Waals surface area (Å²) in [4.78, 5) is 16.2. The van der Waals surface area contributed by atoms with Gasteiger partial charge in [-0.25, -0.2) is 4.98 Å². The van der Waals surface area contributed by atoms with E-state index in [0.717, 1.165) is 0 Å². The van der Waals surface area contributed by atoms with Crippen molar-refractivity contribution in [2.75, 3.05) is 25.6 Å². The van der Waals surface area contributed by atoms with Gasteiger partial charge in [-0.2, -0.15) is 0 Å². The molecule has 1 aliphatic heterocycles. The summed E-state index contributed by atoms with van der Waals surface area (Å²) in [6.45, 7) is 1.04. The molecular weight excluding hydrogens is 272 g/mol. The lowest BCUT2D eigenvalue weighted by atomic mass is 10.2. The van der Waals surface area contributed by atoms with Gasteiger partial charge in [0.15, 0.2) is 11.5 Å². The molecule has 1 aliphatic rings. The average molecular weight is 286 g/mol. The van der Waals surface area contributed by atoms with E-state index in [4.69, 9.17) is 14.2 Å². The summed E-state index contributed by atoms with van der Waals surface area (Å²) in [6.07, 6.45) is 0. The van der Waals surface area contributed by atoms with E-state index in [2.05, 4.69) is 10.3 Å².